The number of carbonyl (C=O) groups is 1. The van der Waals surface area contributed by atoms with Crippen LogP contribution in [-0.2, 0) is 16.6 Å². The number of hydrogen-bond acceptors (Lipinski definition) is 6. The van der Waals surface area contributed by atoms with Crippen LogP contribution in [-0.4, -0.2) is 30.7 Å². The fourth-order valence-electron chi connectivity index (χ4n) is 2.97. The minimum Gasteiger partial charge on any atom is -0.468 e. The molecule has 0 spiro atoms. The first-order chi connectivity index (χ1) is 14.3. The van der Waals surface area contributed by atoms with E-state index in [1.54, 1.807) is 12.1 Å². The molecular weight excluding hydrogens is 422 g/mol. The number of carbonyl (C=O) groups excluding carboxylic acids is 1. The summed E-state index contributed by atoms with van der Waals surface area (Å²) in [5.41, 5.74) is 2.25. The van der Waals surface area contributed by atoms with Crippen LogP contribution < -0.4 is 5.32 Å². The second-order valence-electron chi connectivity index (χ2n) is 6.76. The lowest BCUT2D eigenvalue weighted by molar-refractivity contribution is 0.102. The van der Waals surface area contributed by atoms with E-state index in [4.69, 9.17) is 4.42 Å². The molecule has 30 heavy (non-hydrogen) atoms. The van der Waals surface area contributed by atoms with Crippen molar-refractivity contribution in [3.8, 4) is 0 Å². The highest BCUT2D eigenvalue weighted by Crippen LogP contribution is 2.28. The van der Waals surface area contributed by atoms with E-state index in [2.05, 4.69) is 10.3 Å². The summed E-state index contributed by atoms with van der Waals surface area (Å²) in [6.45, 7) is 2.09. The zero-order valence-electron chi connectivity index (χ0n) is 16.3. The Balaban J connectivity index is 1.49. The van der Waals surface area contributed by atoms with Crippen molar-refractivity contribution in [3.05, 3.63) is 77.7 Å². The van der Waals surface area contributed by atoms with Crippen LogP contribution in [0.25, 0.3) is 10.2 Å². The van der Waals surface area contributed by atoms with Crippen molar-refractivity contribution in [2.24, 2.45) is 0 Å². The first-order valence-electron chi connectivity index (χ1n) is 9.11. The molecule has 4 rings (SSSR count). The van der Waals surface area contributed by atoms with Crippen LogP contribution in [0.4, 0.5) is 5.13 Å². The molecule has 0 radical (unpaired) electrons. The number of para-hydroxylation sites is 1. The van der Waals surface area contributed by atoms with Gasteiger partial charge in [0.05, 0.1) is 27.9 Å². The lowest BCUT2D eigenvalue weighted by atomic mass is 10.2. The largest absolute Gasteiger partial charge is 0.468 e. The van der Waals surface area contributed by atoms with E-state index in [-0.39, 0.29) is 17.3 Å². The maximum absolute atomic E-state index is 12.7. The Kier molecular flexibility index (Phi) is 5.42. The minimum atomic E-state index is -3.71. The number of anilines is 1. The van der Waals surface area contributed by atoms with Crippen LogP contribution in [0.3, 0.4) is 0 Å². The monoisotopic (exact) mass is 441 g/mol. The van der Waals surface area contributed by atoms with Crippen molar-refractivity contribution in [1.29, 1.82) is 0 Å². The fraction of sp³-hybridized carbons (Fsp3) is 0.143. The molecule has 0 aliphatic heterocycles. The highest BCUT2D eigenvalue weighted by atomic mass is 32.2. The first kappa shape index (κ1) is 20.3. The molecule has 1 N–H and O–H groups in total. The predicted octanol–water partition coefficient (Wildman–Crippen LogP) is 4.27. The van der Waals surface area contributed by atoms with E-state index < -0.39 is 10.0 Å². The van der Waals surface area contributed by atoms with Gasteiger partial charge in [-0.1, -0.05) is 23.5 Å². The first-order valence-corrected chi connectivity index (χ1v) is 11.4. The molecule has 4 aromatic rings. The molecule has 7 nitrogen and oxygen atoms in total. The van der Waals surface area contributed by atoms with Crippen LogP contribution in [0.2, 0.25) is 0 Å². The Morgan fingerprint density at radius 3 is 2.57 bits per heavy atom. The summed E-state index contributed by atoms with van der Waals surface area (Å²) in [7, 11) is -2.23. The summed E-state index contributed by atoms with van der Waals surface area (Å²) in [6, 6.07) is 15.1. The Bertz CT molecular complexity index is 1290. The summed E-state index contributed by atoms with van der Waals surface area (Å²) in [6.07, 6.45) is 1.50. The van der Waals surface area contributed by atoms with Gasteiger partial charge in [-0.25, -0.2) is 13.4 Å². The third-order valence-electron chi connectivity index (χ3n) is 4.62. The summed E-state index contributed by atoms with van der Waals surface area (Å²) in [5.74, 6) is 0.197. The number of thiazole rings is 1. The second-order valence-corrected chi connectivity index (χ2v) is 9.84. The van der Waals surface area contributed by atoms with Gasteiger partial charge in [0.15, 0.2) is 5.13 Å². The van der Waals surface area contributed by atoms with Crippen LogP contribution >= 0.6 is 11.3 Å². The predicted molar refractivity (Wildman–Crippen MR) is 116 cm³/mol. The van der Waals surface area contributed by atoms with E-state index in [1.165, 1.54) is 53.2 Å². The maximum atomic E-state index is 12.7. The molecular formula is C21H19N3O4S2. The highest BCUT2D eigenvalue weighted by Gasteiger charge is 2.22. The molecule has 0 aliphatic carbocycles. The van der Waals surface area contributed by atoms with E-state index in [9.17, 15) is 13.2 Å². The number of sulfonamides is 1. The smallest absolute Gasteiger partial charge is 0.257 e. The molecule has 0 saturated carbocycles. The van der Waals surface area contributed by atoms with Crippen LogP contribution in [0.15, 0.2) is 70.2 Å². The number of hydrogen-bond donors (Lipinski definition) is 1. The molecule has 2 heterocycles. The van der Waals surface area contributed by atoms with Gasteiger partial charge in [-0.15, -0.1) is 0 Å². The van der Waals surface area contributed by atoms with Crippen molar-refractivity contribution in [2.45, 2.75) is 18.4 Å². The van der Waals surface area contributed by atoms with Gasteiger partial charge < -0.3 is 4.42 Å². The third kappa shape index (κ3) is 4.00. The number of amides is 1. The number of aromatic nitrogens is 1. The molecule has 0 unspecified atom stereocenters. The Morgan fingerprint density at radius 1 is 1.13 bits per heavy atom. The maximum Gasteiger partial charge on any atom is 0.257 e. The van der Waals surface area contributed by atoms with E-state index in [0.29, 0.717) is 16.5 Å². The van der Waals surface area contributed by atoms with Gasteiger partial charge in [-0.2, -0.15) is 4.31 Å². The molecule has 9 heteroatoms. The van der Waals surface area contributed by atoms with Crippen molar-refractivity contribution >= 4 is 42.6 Å². The number of nitrogens with one attached hydrogen (secondary N) is 1. The fourth-order valence-corrected chi connectivity index (χ4v) is 5.05. The molecule has 2 aromatic heterocycles. The Labute approximate surface area is 178 Å². The van der Waals surface area contributed by atoms with E-state index in [0.717, 1.165) is 15.8 Å². The molecule has 2 aromatic carbocycles. The normalized spacial score (nSPS) is 11.8. The molecule has 0 saturated heterocycles. The number of rotatable bonds is 6. The zero-order chi connectivity index (χ0) is 21.3. The van der Waals surface area contributed by atoms with Gasteiger partial charge in [0.25, 0.3) is 5.91 Å². The quantitative estimate of drug-likeness (QED) is 0.482. The standard InChI is InChI=1S/C21H19N3O4S2/c1-14-5-3-7-18-19(14)22-21(29-18)23-20(25)15-8-10-17(11-9-15)30(26,27)24(2)13-16-6-4-12-28-16/h3-12H,13H2,1-2H3,(H,22,23,25). The van der Waals surface area contributed by atoms with E-state index >= 15 is 0 Å². The molecule has 0 atom stereocenters. The lowest BCUT2D eigenvalue weighted by Crippen LogP contribution is -2.26. The van der Waals surface area contributed by atoms with Crippen LogP contribution in [0.1, 0.15) is 21.7 Å². The third-order valence-corrected chi connectivity index (χ3v) is 7.38. The SMILES string of the molecule is Cc1cccc2sc(NC(=O)c3ccc(S(=O)(=O)N(C)Cc4ccco4)cc3)nc12. The summed E-state index contributed by atoms with van der Waals surface area (Å²) in [5, 5.41) is 3.28. The average molecular weight is 442 g/mol. The molecule has 0 bridgehead atoms. The second kappa shape index (κ2) is 8.02. The number of nitrogens with zero attached hydrogens (tertiary/aromatic N) is 2. The van der Waals surface area contributed by atoms with Gasteiger partial charge >= 0.3 is 0 Å². The van der Waals surface area contributed by atoms with Crippen LogP contribution in [0, 0.1) is 6.92 Å². The van der Waals surface area contributed by atoms with Crippen molar-refractivity contribution < 1.29 is 17.6 Å². The summed E-state index contributed by atoms with van der Waals surface area (Å²) in [4.78, 5) is 17.1. The molecule has 154 valence electrons. The van der Waals surface area contributed by atoms with Crippen molar-refractivity contribution in [3.63, 3.8) is 0 Å². The van der Waals surface area contributed by atoms with Gasteiger partial charge in [0.2, 0.25) is 10.0 Å². The van der Waals surface area contributed by atoms with E-state index in [1.807, 2.05) is 25.1 Å². The minimum absolute atomic E-state index is 0.101. The Morgan fingerprint density at radius 2 is 1.90 bits per heavy atom. The average Bonchev–Trinajstić information content (AvgIpc) is 3.38. The van der Waals surface area contributed by atoms with Crippen LogP contribution in [0.5, 0.6) is 0 Å². The topological polar surface area (TPSA) is 92.5 Å². The number of furan rings is 1. The van der Waals surface area contributed by atoms with Gasteiger partial charge in [0.1, 0.15) is 5.76 Å². The molecule has 0 aliphatic rings. The zero-order valence-corrected chi connectivity index (χ0v) is 18.0. The molecule has 0 fully saturated rings. The number of aryl methyl sites for hydroxylation is 1. The number of benzene rings is 2. The van der Waals surface area contributed by atoms with Gasteiger partial charge in [-0.05, 0) is 55.0 Å². The Hall–Kier alpha value is -3.01. The molecule has 1 amide bonds. The lowest BCUT2D eigenvalue weighted by Gasteiger charge is -2.16. The van der Waals surface area contributed by atoms with Crippen molar-refractivity contribution in [1.82, 2.24) is 9.29 Å². The summed E-state index contributed by atoms with van der Waals surface area (Å²) < 4.78 is 32.9. The van der Waals surface area contributed by atoms with Gasteiger partial charge in [0, 0.05) is 12.6 Å². The van der Waals surface area contributed by atoms with Crippen molar-refractivity contribution in [2.75, 3.05) is 12.4 Å². The summed E-state index contributed by atoms with van der Waals surface area (Å²) >= 11 is 1.39. The van der Waals surface area contributed by atoms with Gasteiger partial charge in [-0.3, -0.25) is 10.1 Å². The highest BCUT2D eigenvalue weighted by molar-refractivity contribution is 7.89. The number of fused-ring (bicyclic) bond motifs is 1.